The molecule has 0 aliphatic heterocycles. The third-order valence-electron chi connectivity index (χ3n) is 2.66. The monoisotopic (exact) mass is 334 g/mol. The van der Waals surface area contributed by atoms with Crippen molar-refractivity contribution in [1.82, 2.24) is 14.8 Å². The number of anilines is 1. The number of thiophene rings is 1. The summed E-state index contributed by atoms with van der Waals surface area (Å²) in [6, 6.07) is 7.92. The summed E-state index contributed by atoms with van der Waals surface area (Å²) in [5, 5.41) is 4.52. The van der Waals surface area contributed by atoms with Gasteiger partial charge in [-0.3, -0.25) is 0 Å². The quantitative estimate of drug-likeness (QED) is 0.778. The van der Waals surface area contributed by atoms with Gasteiger partial charge in [-0.05, 0) is 47.1 Å². The molecule has 0 atom stereocenters. The number of aromatic nitrogens is 3. The largest absolute Gasteiger partial charge is 0.396 e. The summed E-state index contributed by atoms with van der Waals surface area (Å²) in [6.45, 7) is 2.07. The second kappa shape index (κ2) is 4.79. The molecule has 6 heteroatoms. The van der Waals surface area contributed by atoms with E-state index >= 15 is 0 Å². The summed E-state index contributed by atoms with van der Waals surface area (Å²) < 4.78 is 2.64. The van der Waals surface area contributed by atoms with E-state index in [-0.39, 0.29) is 0 Å². The second-order valence-electron chi connectivity index (χ2n) is 4.12. The predicted molar refractivity (Wildman–Crippen MR) is 81.5 cm³/mol. The zero-order chi connectivity index (χ0) is 13.4. The van der Waals surface area contributed by atoms with Crippen LogP contribution in [-0.2, 0) is 0 Å². The Labute approximate surface area is 123 Å². The van der Waals surface area contributed by atoms with Crippen LogP contribution in [-0.4, -0.2) is 14.8 Å². The molecule has 0 unspecified atom stereocenters. The van der Waals surface area contributed by atoms with Gasteiger partial charge in [0.2, 0.25) is 0 Å². The Balaban J connectivity index is 2.04. The Morgan fingerprint density at radius 3 is 2.74 bits per heavy atom. The van der Waals surface area contributed by atoms with E-state index in [9.17, 15) is 0 Å². The van der Waals surface area contributed by atoms with Gasteiger partial charge in [-0.2, -0.15) is 5.10 Å². The van der Waals surface area contributed by atoms with Gasteiger partial charge < -0.3 is 5.73 Å². The minimum absolute atomic E-state index is 0.659. The Kier molecular flexibility index (Phi) is 3.12. The summed E-state index contributed by atoms with van der Waals surface area (Å²) in [6.07, 6.45) is 3.53. The van der Waals surface area contributed by atoms with E-state index in [1.165, 1.54) is 4.88 Å². The van der Waals surface area contributed by atoms with Crippen molar-refractivity contribution >= 4 is 33.0 Å². The zero-order valence-electron chi connectivity index (χ0n) is 10.2. The molecule has 0 spiro atoms. The minimum atomic E-state index is 0.659. The van der Waals surface area contributed by atoms with Gasteiger partial charge in [0.05, 0.1) is 16.8 Å². The molecule has 96 valence electrons. The maximum Gasteiger partial charge on any atom is 0.153 e. The molecule has 19 heavy (non-hydrogen) atoms. The molecule has 0 bridgehead atoms. The number of nitrogen functional groups attached to an aromatic ring is 1. The number of aryl methyl sites for hydroxylation is 1. The lowest BCUT2D eigenvalue weighted by molar-refractivity contribution is 0.850. The third kappa shape index (κ3) is 2.41. The average Bonchev–Trinajstić information content (AvgIpc) is 2.96. The van der Waals surface area contributed by atoms with Gasteiger partial charge >= 0.3 is 0 Å². The molecule has 0 aromatic carbocycles. The SMILES string of the molecule is Cc1ccc(-c2nn(-c3ccc(Br)cn3)cc2N)s1. The van der Waals surface area contributed by atoms with Gasteiger partial charge in [0.15, 0.2) is 5.82 Å². The van der Waals surface area contributed by atoms with Gasteiger partial charge in [0.1, 0.15) is 5.69 Å². The van der Waals surface area contributed by atoms with Crippen LogP contribution in [0.1, 0.15) is 4.88 Å². The molecular formula is C13H11BrN4S. The fourth-order valence-corrected chi connectivity index (χ4v) is 2.87. The summed E-state index contributed by atoms with van der Waals surface area (Å²) in [4.78, 5) is 6.62. The first kappa shape index (κ1) is 12.4. The molecule has 0 saturated heterocycles. The van der Waals surface area contributed by atoms with Crippen LogP contribution in [0.4, 0.5) is 5.69 Å². The second-order valence-corrected chi connectivity index (χ2v) is 6.33. The molecule has 4 nitrogen and oxygen atoms in total. The van der Waals surface area contributed by atoms with Crippen LogP contribution in [0.2, 0.25) is 0 Å². The number of hydrogen-bond donors (Lipinski definition) is 1. The molecule has 0 saturated carbocycles. The molecule has 0 aliphatic carbocycles. The number of nitrogens with zero attached hydrogens (tertiary/aromatic N) is 3. The normalized spacial score (nSPS) is 10.8. The van der Waals surface area contributed by atoms with Crippen molar-refractivity contribution in [2.24, 2.45) is 0 Å². The highest BCUT2D eigenvalue weighted by atomic mass is 79.9. The fraction of sp³-hybridized carbons (Fsp3) is 0.0769. The van der Waals surface area contributed by atoms with E-state index in [1.54, 1.807) is 28.4 Å². The van der Waals surface area contributed by atoms with Gasteiger partial charge in [-0.1, -0.05) is 0 Å². The van der Waals surface area contributed by atoms with E-state index in [2.05, 4.69) is 39.0 Å². The van der Waals surface area contributed by atoms with Crippen LogP contribution in [0.25, 0.3) is 16.4 Å². The van der Waals surface area contributed by atoms with Crippen LogP contribution < -0.4 is 5.73 Å². The Hall–Kier alpha value is -1.66. The van der Waals surface area contributed by atoms with E-state index in [1.807, 2.05) is 18.2 Å². The topological polar surface area (TPSA) is 56.7 Å². The fourth-order valence-electron chi connectivity index (χ4n) is 1.76. The lowest BCUT2D eigenvalue weighted by atomic mass is 10.3. The highest BCUT2D eigenvalue weighted by Crippen LogP contribution is 2.31. The molecule has 0 radical (unpaired) electrons. The predicted octanol–water partition coefficient (Wildman–Crippen LogP) is 3.65. The maximum absolute atomic E-state index is 6.04. The molecule has 0 amide bonds. The van der Waals surface area contributed by atoms with Gasteiger partial charge in [0, 0.05) is 15.5 Å². The molecule has 3 aromatic heterocycles. The third-order valence-corrected chi connectivity index (χ3v) is 4.14. The summed E-state index contributed by atoms with van der Waals surface area (Å²) in [5.74, 6) is 0.745. The first-order chi connectivity index (χ1) is 9.13. The molecular weight excluding hydrogens is 324 g/mol. The Morgan fingerprint density at radius 2 is 2.11 bits per heavy atom. The van der Waals surface area contributed by atoms with Crippen LogP contribution in [0.5, 0.6) is 0 Å². The number of halogens is 1. The van der Waals surface area contributed by atoms with Crippen molar-refractivity contribution in [3.05, 3.63) is 46.0 Å². The maximum atomic E-state index is 6.04. The first-order valence-corrected chi connectivity index (χ1v) is 7.28. The van der Waals surface area contributed by atoms with E-state index in [4.69, 9.17) is 5.73 Å². The Morgan fingerprint density at radius 1 is 1.26 bits per heavy atom. The highest BCUT2D eigenvalue weighted by Gasteiger charge is 2.11. The van der Waals surface area contributed by atoms with Crippen molar-refractivity contribution in [2.75, 3.05) is 5.73 Å². The minimum Gasteiger partial charge on any atom is -0.396 e. The van der Waals surface area contributed by atoms with Gasteiger partial charge in [-0.25, -0.2) is 9.67 Å². The van der Waals surface area contributed by atoms with Gasteiger partial charge in [0.25, 0.3) is 0 Å². The van der Waals surface area contributed by atoms with Crippen molar-refractivity contribution in [2.45, 2.75) is 6.92 Å². The number of rotatable bonds is 2. The standard InChI is InChI=1S/C13H11BrN4S/c1-8-2-4-11(19-8)13-10(15)7-18(17-13)12-5-3-9(14)6-16-12/h2-7H,15H2,1H3. The van der Waals surface area contributed by atoms with Crippen molar-refractivity contribution < 1.29 is 0 Å². The number of pyridine rings is 1. The van der Waals surface area contributed by atoms with Crippen molar-refractivity contribution in [3.8, 4) is 16.4 Å². The van der Waals surface area contributed by atoms with Gasteiger partial charge in [-0.15, -0.1) is 11.3 Å². The number of nitrogens with two attached hydrogens (primary N) is 1. The van der Waals surface area contributed by atoms with E-state index < -0.39 is 0 Å². The summed E-state index contributed by atoms with van der Waals surface area (Å²) >= 11 is 5.04. The van der Waals surface area contributed by atoms with Crippen molar-refractivity contribution in [1.29, 1.82) is 0 Å². The lowest BCUT2D eigenvalue weighted by Crippen LogP contribution is -1.97. The number of hydrogen-bond acceptors (Lipinski definition) is 4. The van der Waals surface area contributed by atoms with Crippen LogP contribution in [0.3, 0.4) is 0 Å². The highest BCUT2D eigenvalue weighted by molar-refractivity contribution is 9.10. The Bertz CT molecular complexity index is 715. The van der Waals surface area contributed by atoms with Crippen LogP contribution in [0.15, 0.2) is 41.1 Å². The zero-order valence-corrected chi connectivity index (χ0v) is 12.6. The smallest absolute Gasteiger partial charge is 0.153 e. The van der Waals surface area contributed by atoms with Crippen molar-refractivity contribution in [3.63, 3.8) is 0 Å². The summed E-state index contributed by atoms with van der Waals surface area (Å²) in [5.41, 5.74) is 7.50. The van der Waals surface area contributed by atoms with Crippen LogP contribution >= 0.6 is 27.3 Å². The van der Waals surface area contributed by atoms with E-state index in [0.29, 0.717) is 5.69 Å². The molecule has 3 aromatic rings. The average molecular weight is 335 g/mol. The molecule has 3 rings (SSSR count). The van der Waals surface area contributed by atoms with Crippen LogP contribution in [0, 0.1) is 6.92 Å². The molecule has 3 heterocycles. The molecule has 0 fully saturated rings. The summed E-state index contributed by atoms with van der Waals surface area (Å²) in [7, 11) is 0. The van der Waals surface area contributed by atoms with E-state index in [0.717, 1.165) is 20.9 Å². The molecule has 0 aliphatic rings. The first-order valence-electron chi connectivity index (χ1n) is 5.67. The lowest BCUT2D eigenvalue weighted by Gasteiger charge is -1.99. The molecule has 2 N–H and O–H groups in total.